The minimum absolute atomic E-state index is 0.163. The molecule has 0 fully saturated rings. The Labute approximate surface area is 79.7 Å². The fourth-order valence-electron chi connectivity index (χ4n) is 1.03. The first-order valence-corrected chi connectivity index (χ1v) is 4.54. The highest BCUT2D eigenvalue weighted by Crippen LogP contribution is 2.21. The van der Waals surface area contributed by atoms with Gasteiger partial charge in [0, 0.05) is 5.54 Å². The zero-order chi connectivity index (χ0) is 8.65. The number of rotatable bonds is 0. The molecule has 0 unspecified atom stereocenters. The van der Waals surface area contributed by atoms with Crippen LogP contribution >= 0.6 is 22.6 Å². The van der Waals surface area contributed by atoms with Crippen molar-refractivity contribution in [3.05, 3.63) is 21.8 Å². The molecule has 0 saturated heterocycles. The first-order chi connectivity index (χ1) is 4.93. The van der Waals surface area contributed by atoms with Crippen LogP contribution in [0.3, 0.4) is 0 Å². The van der Waals surface area contributed by atoms with Gasteiger partial charge in [-0.3, -0.25) is 0 Å². The molecule has 0 amide bonds. The summed E-state index contributed by atoms with van der Waals surface area (Å²) in [5.41, 5.74) is -0.163. The molecule has 1 heterocycles. The van der Waals surface area contributed by atoms with Crippen molar-refractivity contribution in [2.24, 2.45) is 0 Å². The van der Waals surface area contributed by atoms with Crippen LogP contribution in [0.5, 0.6) is 0 Å². The van der Waals surface area contributed by atoms with E-state index in [2.05, 4.69) is 22.6 Å². The van der Waals surface area contributed by atoms with Crippen LogP contribution in [0.25, 0.3) is 0 Å². The third-order valence-corrected chi connectivity index (χ3v) is 2.30. The summed E-state index contributed by atoms with van der Waals surface area (Å²) in [7, 11) is 0. The topological polar surface area (TPSA) is 4.93 Å². The summed E-state index contributed by atoms with van der Waals surface area (Å²) in [6.07, 6.45) is 0. The Morgan fingerprint density at radius 3 is 2.09 bits per heavy atom. The quantitative estimate of drug-likeness (QED) is 0.637. The second kappa shape index (κ2) is 2.77. The summed E-state index contributed by atoms with van der Waals surface area (Å²) < 4.78 is 15.7. The predicted molar refractivity (Wildman–Crippen MR) is 52.1 cm³/mol. The molecule has 0 aliphatic carbocycles. The van der Waals surface area contributed by atoms with Gasteiger partial charge in [0.25, 0.3) is 0 Å². The summed E-state index contributed by atoms with van der Waals surface area (Å²) in [6, 6.07) is 3.27. The lowest BCUT2D eigenvalue weighted by Gasteiger charge is -2.22. The number of hydrogen-bond donors (Lipinski definition) is 0. The fourth-order valence-corrected chi connectivity index (χ4v) is 2.16. The van der Waals surface area contributed by atoms with Crippen molar-refractivity contribution in [1.82, 2.24) is 4.57 Å². The number of aromatic nitrogens is 1. The maximum Gasteiger partial charge on any atom is 0.194 e. The monoisotopic (exact) mass is 267 g/mol. The van der Waals surface area contributed by atoms with Gasteiger partial charge in [-0.05, 0) is 55.5 Å². The van der Waals surface area contributed by atoms with Gasteiger partial charge in [-0.1, -0.05) is 0 Å². The van der Waals surface area contributed by atoms with Gasteiger partial charge in [0.1, 0.15) is 0 Å². The van der Waals surface area contributed by atoms with E-state index in [0.29, 0.717) is 0 Å². The van der Waals surface area contributed by atoms with Crippen molar-refractivity contribution >= 4 is 22.6 Å². The van der Waals surface area contributed by atoms with Crippen molar-refractivity contribution in [1.29, 1.82) is 0 Å². The van der Waals surface area contributed by atoms with Gasteiger partial charge in [0.2, 0.25) is 0 Å². The smallest absolute Gasteiger partial charge is 0.194 e. The first kappa shape index (κ1) is 9.03. The maximum absolute atomic E-state index is 13.1. The highest BCUT2D eigenvalue weighted by Gasteiger charge is 2.18. The Morgan fingerprint density at radius 2 is 1.91 bits per heavy atom. The molecule has 11 heavy (non-hydrogen) atoms. The minimum Gasteiger partial charge on any atom is -0.308 e. The van der Waals surface area contributed by atoms with Crippen molar-refractivity contribution in [3.8, 4) is 0 Å². The van der Waals surface area contributed by atoms with E-state index in [-0.39, 0.29) is 11.5 Å². The number of halogens is 2. The van der Waals surface area contributed by atoms with Gasteiger partial charge in [-0.2, -0.15) is 4.39 Å². The average Bonchev–Trinajstić information content (AvgIpc) is 2.08. The van der Waals surface area contributed by atoms with Crippen LogP contribution in [-0.4, -0.2) is 4.57 Å². The molecule has 3 heteroatoms. The van der Waals surface area contributed by atoms with Crippen LogP contribution in [0, 0.1) is 9.65 Å². The first-order valence-electron chi connectivity index (χ1n) is 3.46. The van der Waals surface area contributed by atoms with Crippen molar-refractivity contribution in [3.63, 3.8) is 0 Å². The molecule has 0 radical (unpaired) electrons. The zero-order valence-electron chi connectivity index (χ0n) is 6.86. The van der Waals surface area contributed by atoms with Gasteiger partial charge in [-0.25, -0.2) is 0 Å². The molecule has 1 aromatic heterocycles. The van der Waals surface area contributed by atoms with Gasteiger partial charge < -0.3 is 4.57 Å². The van der Waals surface area contributed by atoms with E-state index < -0.39 is 0 Å². The standard InChI is InChI=1S/C8H11FIN/c1-8(2,3)11-6(9)4-5-7(11)10/h4-5H,1-3H3. The Hall–Kier alpha value is -0.0600. The summed E-state index contributed by atoms with van der Waals surface area (Å²) in [5, 5.41) is 0. The molecule has 62 valence electrons. The van der Waals surface area contributed by atoms with Crippen molar-refractivity contribution < 1.29 is 4.39 Å². The molecular formula is C8H11FIN. The van der Waals surface area contributed by atoms with Crippen LogP contribution < -0.4 is 0 Å². The van der Waals surface area contributed by atoms with Crippen molar-refractivity contribution in [2.75, 3.05) is 0 Å². The molecule has 0 aromatic carbocycles. The summed E-state index contributed by atoms with van der Waals surface area (Å²) in [4.78, 5) is 0. The maximum atomic E-state index is 13.1. The Kier molecular flexibility index (Phi) is 2.27. The lowest BCUT2D eigenvalue weighted by Crippen LogP contribution is -2.24. The molecule has 0 bridgehead atoms. The Bertz CT molecular complexity index is 240. The van der Waals surface area contributed by atoms with Crippen LogP contribution in [-0.2, 0) is 5.54 Å². The third kappa shape index (κ3) is 1.75. The molecule has 0 atom stereocenters. The summed E-state index contributed by atoms with van der Waals surface area (Å²) in [6.45, 7) is 5.95. The average molecular weight is 267 g/mol. The van der Waals surface area contributed by atoms with Crippen LogP contribution in [0.2, 0.25) is 0 Å². The van der Waals surface area contributed by atoms with E-state index >= 15 is 0 Å². The van der Waals surface area contributed by atoms with Gasteiger partial charge in [0.15, 0.2) is 5.95 Å². The van der Waals surface area contributed by atoms with Crippen LogP contribution in [0.1, 0.15) is 20.8 Å². The molecular weight excluding hydrogens is 256 g/mol. The van der Waals surface area contributed by atoms with E-state index in [9.17, 15) is 4.39 Å². The second-order valence-electron chi connectivity index (χ2n) is 3.49. The normalized spacial score (nSPS) is 12.1. The number of hydrogen-bond acceptors (Lipinski definition) is 0. The summed E-state index contributed by atoms with van der Waals surface area (Å²) >= 11 is 2.13. The van der Waals surface area contributed by atoms with Crippen LogP contribution in [0.15, 0.2) is 12.1 Å². The number of nitrogens with zero attached hydrogens (tertiary/aromatic N) is 1. The third-order valence-electron chi connectivity index (χ3n) is 1.46. The van der Waals surface area contributed by atoms with E-state index in [0.717, 1.165) is 3.70 Å². The Balaban J connectivity index is 3.21. The molecule has 1 nitrogen and oxygen atoms in total. The largest absolute Gasteiger partial charge is 0.308 e. The fraction of sp³-hybridized carbons (Fsp3) is 0.500. The molecule has 0 saturated carbocycles. The molecule has 0 spiro atoms. The van der Waals surface area contributed by atoms with E-state index in [4.69, 9.17) is 0 Å². The zero-order valence-corrected chi connectivity index (χ0v) is 9.02. The van der Waals surface area contributed by atoms with Crippen molar-refractivity contribution in [2.45, 2.75) is 26.3 Å². The second-order valence-corrected chi connectivity index (χ2v) is 4.59. The van der Waals surface area contributed by atoms with E-state index in [1.165, 1.54) is 6.07 Å². The summed E-state index contributed by atoms with van der Waals surface area (Å²) in [5.74, 6) is -0.165. The molecule has 0 aliphatic rings. The molecule has 0 N–H and O–H groups in total. The van der Waals surface area contributed by atoms with Gasteiger partial charge in [0.05, 0.1) is 3.70 Å². The van der Waals surface area contributed by atoms with Gasteiger partial charge >= 0.3 is 0 Å². The van der Waals surface area contributed by atoms with E-state index in [1.807, 2.05) is 20.8 Å². The SMILES string of the molecule is CC(C)(C)n1c(F)ccc1I. The lowest BCUT2D eigenvalue weighted by molar-refractivity contribution is 0.330. The molecule has 1 rings (SSSR count). The predicted octanol–water partition coefficient (Wildman–Crippen LogP) is 2.99. The molecule has 0 aliphatic heterocycles. The van der Waals surface area contributed by atoms with Gasteiger partial charge in [-0.15, -0.1) is 0 Å². The lowest BCUT2D eigenvalue weighted by atomic mass is 10.1. The molecule has 1 aromatic rings. The highest BCUT2D eigenvalue weighted by atomic mass is 127. The Morgan fingerprint density at radius 1 is 1.36 bits per heavy atom. The van der Waals surface area contributed by atoms with Crippen LogP contribution in [0.4, 0.5) is 4.39 Å². The van der Waals surface area contributed by atoms with E-state index in [1.54, 1.807) is 10.6 Å². The minimum atomic E-state index is -0.165. The highest BCUT2D eigenvalue weighted by molar-refractivity contribution is 14.1.